The van der Waals surface area contributed by atoms with Crippen molar-refractivity contribution in [3.8, 4) is 0 Å². The zero-order valence-corrected chi connectivity index (χ0v) is 11.9. The normalized spacial score (nSPS) is 18.3. The Morgan fingerprint density at radius 3 is 3.10 bits per heavy atom. The van der Waals surface area contributed by atoms with E-state index in [-0.39, 0.29) is 19.1 Å². The van der Waals surface area contributed by atoms with Gasteiger partial charge in [0.05, 0.1) is 25.7 Å². The first-order valence-electron chi connectivity index (χ1n) is 6.81. The summed E-state index contributed by atoms with van der Waals surface area (Å²) < 4.78 is 5.25. The topological polar surface area (TPSA) is 91.8 Å². The number of aryl methyl sites for hydroxylation is 1. The molecule has 1 aromatic heterocycles. The lowest BCUT2D eigenvalue weighted by atomic mass is 10.1. The number of ether oxygens (including phenoxy) is 1. The molecule has 0 radical (unpaired) electrons. The first-order valence-corrected chi connectivity index (χ1v) is 6.81. The first-order chi connectivity index (χ1) is 10.1. The number of rotatable bonds is 4. The number of aromatic nitrogens is 1. The molecule has 2 heterocycles. The maximum absolute atomic E-state index is 12.2. The summed E-state index contributed by atoms with van der Waals surface area (Å²) in [5, 5.41) is 11.7. The van der Waals surface area contributed by atoms with Gasteiger partial charge in [0, 0.05) is 25.5 Å². The number of hydrogen-bond donors (Lipinski definition) is 2. The van der Waals surface area contributed by atoms with Gasteiger partial charge in [0.1, 0.15) is 0 Å². The van der Waals surface area contributed by atoms with Crippen molar-refractivity contribution in [2.45, 2.75) is 25.9 Å². The minimum absolute atomic E-state index is 0.109. The van der Waals surface area contributed by atoms with Crippen molar-refractivity contribution in [1.29, 1.82) is 0 Å². The van der Waals surface area contributed by atoms with Crippen molar-refractivity contribution in [1.82, 2.24) is 15.2 Å². The number of pyridine rings is 1. The van der Waals surface area contributed by atoms with Crippen LogP contribution in [0.15, 0.2) is 18.5 Å². The molecule has 1 aromatic rings. The molecule has 0 aromatic carbocycles. The summed E-state index contributed by atoms with van der Waals surface area (Å²) in [6, 6.07) is 1.17. The van der Waals surface area contributed by atoms with Crippen LogP contribution in [0.2, 0.25) is 0 Å². The first kappa shape index (κ1) is 15.2. The van der Waals surface area contributed by atoms with E-state index in [0.29, 0.717) is 19.7 Å². The number of urea groups is 1. The Labute approximate surface area is 122 Å². The van der Waals surface area contributed by atoms with Gasteiger partial charge < -0.3 is 20.1 Å². The quantitative estimate of drug-likeness (QED) is 0.855. The Morgan fingerprint density at radius 2 is 2.38 bits per heavy atom. The highest BCUT2D eigenvalue weighted by molar-refractivity contribution is 5.76. The molecule has 0 saturated carbocycles. The molecular weight excluding hydrogens is 274 g/mol. The van der Waals surface area contributed by atoms with Crippen molar-refractivity contribution in [2.75, 3.05) is 19.8 Å². The molecule has 21 heavy (non-hydrogen) atoms. The van der Waals surface area contributed by atoms with Crippen LogP contribution < -0.4 is 5.32 Å². The summed E-state index contributed by atoms with van der Waals surface area (Å²) in [7, 11) is 0. The lowest BCUT2D eigenvalue weighted by Crippen LogP contribution is -2.53. The van der Waals surface area contributed by atoms with Gasteiger partial charge in [-0.05, 0) is 24.1 Å². The Hall–Kier alpha value is -2.15. The van der Waals surface area contributed by atoms with E-state index in [2.05, 4.69) is 10.3 Å². The molecule has 1 atom stereocenters. The van der Waals surface area contributed by atoms with Gasteiger partial charge in [-0.3, -0.25) is 9.78 Å². The van der Waals surface area contributed by atoms with Gasteiger partial charge in [-0.1, -0.05) is 0 Å². The second kappa shape index (κ2) is 7.03. The van der Waals surface area contributed by atoms with Gasteiger partial charge in [0.2, 0.25) is 0 Å². The summed E-state index contributed by atoms with van der Waals surface area (Å²) in [5.74, 6) is -0.937. The Morgan fingerprint density at radius 1 is 1.57 bits per heavy atom. The molecule has 2 amide bonds. The summed E-state index contributed by atoms with van der Waals surface area (Å²) in [6.45, 7) is 3.41. The third-order valence-corrected chi connectivity index (χ3v) is 3.47. The van der Waals surface area contributed by atoms with Crippen molar-refractivity contribution in [3.63, 3.8) is 0 Å². The number of carboxylic acid groups (broad SMARTS) is 1. The van der Waals surface area contributed by atoms with Crippen molar-refractivity contribution >= 4 is 12.0 Å². The molecule has 2 N–H and O–H groups in total. The lowest BCUT2D eigenvalue weighted by molar-refractivity contribution is -0.139. The number of carbonyl (C=O) groups excluding carboxylic acids is 1. The monoisotopic (exact) mass is 293 g/mol. The van der Waals surface area contributed by atoms with E-state index in [1.807, 2.05) is 13.0 Å². The second-order valence-electron chi connectivity index (χ2n) is 4.98. The number of hydrogen-bond acceptors (Lipinski definition) is 4. The zero-order chi connectivity index (χ0) is 15.2. The average molecular weight is 293 g/mol. The minimum atomic E-state index is -0.937. The Bertz CT molecular complexity index is 521. The van der Waals surface area contributed by atoms with Crippen molar-refractivity contribution in [3.05, 3.63) is 29.6 Å². The highest BCUT2D eigenvalue weighted by atomic mass is 16.5. The molecular formula is C14H19N3O4. The molecule has 0 aliphatic carbocycles. The van der Waals surface area contributed by atoms with Crippen LogP contribution in [0, 0.1) is 6.92 Å². The minimum Gasteiger partial charge on any atom is -0.481 e. The Kier molecular flexibility index (Phi) is 5.10. The van der Waals surface area contributed by atoms with Gasteiger partial charge >= 0.3 is 12.0 Å². The number of carbonyl (C=O) groups is 2. The predicted octanol–water partition coefficient (Wildman–Crippen LogP) is 0.775. The summed E-state index contributed by atoms with van der Waals surface area (Å²) in [6.07, 6.45) is 3.31. The van der Waals surface area contributed by atoms with Crippen LogP contribution in [0.4, 0.5) is 4.79 Å². The van der Waals surface area contributed by atoms with Crippen LogP contribution >= 0.6 is 0 Å². The zero-order valence-electron chi connectivity index (χ0n) is 11.9. The third-order valence-electron chi connectivity index (χ3n) is 3.47. The number of nitrogens with one attached hydrogen (secondary N) is 1. The SMILES string of the molecule is Cc1cnccc1CNC(=O)N1CCOCC1CC(=O)O. The molecule has 1 aliphatic heterocycles. The van der Waals surface area contributed by atoms with Gasteiger partial charge in [-0.25, -0.2) is 4.79 Å². The van der Waals surface area contributed by atoms with Crippen molar-refractivity contribution in [2.24, 2.45) is 0 Å². The predicted molar refractivity (Wildman–Crippen MR) is 74.8 cm³/mol. The maximum Gasteiger partial charge on any atom is 0.318 e. The molecule has 2 rings (SSSR count). The standard InChI is InChI=1S/C14H19N3O4/c1-10-7-15-3-2-11(10)8-16-14(20)17-4-5-21-9-12(17)6-13(18)19/h2-3,7,12H,4-6,8-9H2,1H3,(H,16,20)(H,18,19). The molecule has 1 fully saturated rings. The average Bonchev–Trinajstić information content (AvgIpc) is 2.46. The summed E-state index contributed by atoms with van der Waals surface area (Å²) in [5.41, 5.74) is 1.99. The molecule has 0 spiro atoms. The molecule has 1 aliphatic rings. The fourth-order valence-corrected chi connectivity index (χ4v) is 2.27. The maximum atomic E-state index is 12.2. The summed E-state index contributed by atoms with van der Waals surface area (Å²) in [4.78, 5) is 28.6. The number of morpholine rings is 1. The van der Waals surface area contributed by atoms with E-state index >= 15 is 0 Å². The highest BCUT2D eigenvalue weighted by Gasteiger charge is 2.28. The molecule has 114 valence electrons. The fourth-order valence-electron chi connectivity index (χ4n) is 2.27. The number of nitrogens with zero attached hydrogens (tertiary/aromatic N) is 2. The molecule has 7 nitrogen and oxygen atoms in total. The van der Waals surface area contributed by atoms with Gasteiger partial charge in [-0.2, -0.15) is 0 Å². The highest BCUT2D eigenvalue weighted by Crippen LogP contribution is 2.11. The fraction of sp³-hybridized carbons (Fsp3) is 0.500. The lowest BCUT2D eigenvalue weighted by Gasteiger charge is -2.34. The van der Waals surface area contributed by atoms with Crippen LogP contribution in [0.1, 0.15) is 17.5 Å². The van der Waals surface area contributed by atoms with Gasteiger partial charge in [0.25, 0.3) is 0 Å². The largest absolute Gasteiger partial charge is 0.481 e. The van der Waals surface area contributed by atoms with Crippen LogP contribution in [0.5, 0.6) is 0 Å². The molecule has 1 unspecified atom stereocenters. The van der Waals surface area contributed by atoms with Gasteiger partial charge in [0.15, 0.2) is 0 Å². The van der Waals surface area contributed by atoms with Crippen molar-refractivity contribution < 1.29 is 19.4 Å². The molecule has 0 bridgehead atoms. The Balaban J connectivity index is 1.94. The van der Waals surface area contributed by atoms with E-state index in [4.69, 9.17) is 9.84 Å². The third kappa shape index (κ3) is 4.16. The number of aliphatic carboxylic acids is 1. The van der Waals surface area contributed by atoms with E-state index < -0.39 is 12.0 Å². The van der Waals surface area contributed by atoms with Crippen LogP contribution in [0.25, 0.3) is 0 Å². The van der Waals surface area contributed by atoms with E-state index in [0.717, 1.165) is 11.1 Å². The molecule has 7 heteroatoms. The smallest absolute Gasteiger partial charge is 0.318 e. The van der Waals surface area contributed by atoms with Crippen LogP contribution in [-0.2, 0) is 16.1 Å². The van der Waals surface area contributed by atoms with Gasteiger partial charge in [-0.15, -0.1) is 0 Å². The second-order valence-corrected chi connectivity index (χ2v) is 4.98. The summed E-state index contributed by atoms with van der Waals surface area (Å²) >= 11 is 0. The van der Waals surface area contributed by atoms with Crippen LogP contribution in [0.3, 0.4) is 0 Å². The van der Waals surface area contributed by atoms with E-state index in [1.54, 1.807) is 12.4 Å². The van der Waals surface area contributed by atoms with E-state index in [1.165, 1.54) is 4.90 Å². The molecule has 1 saturated heterocycles. The number of carboxylic acids is 1. The number of amides is 2. The van der Waals surface area contributed by atoms with E-state index in [9.17, 15) is 9.59 Å². The van der Waals surface area contributed by atoms with Crippen LogP contribution in [-0.4, -0.2) is 52.8 Å².